The van der Waals surface area contributed by atoms with Crippen molar-refractivity contribution in [3.63, 3.8) is 0 Å². The fraction of sp³-hybridized carbons (Fsp3) is 0.435. The molecule has 0 radical (unpaired) electrons. The molecule has 0 saturated heterocycles. The van der Waals surface area contributed by atoms with E-state index in [0.29, 0.717) is 30.0 Å². The Morgan fingerprint density at radius 2 is 1.74 bits per heavy atom. The fourth-order valence-electron chi connectivity index (χ4n) is 3.81. The van der Waals surface area contributed by atoms with Crippen molar-refractivity contribution in [1.82, 2.24) is 4.98 Å². The monoisotopic (exact) mass is 499 g/mol. The van der Waals surface area contributed by atoms with Gasteiger partial charge in [0, 0.05) is 42.9 Å². The summed E-state index contributed by atoms with van der Waals surface area (Å²) < 4.78 is 39.7. The van der Waals surface area contributed by atoms with Gasteiger partial charge in [-0.25, -0.2) is 18.2 Å². The van der Waals surface area contributed by atoms with E-state index in [0.717, 1.165) is 17.8 Å². The zero-order chi connectivity index (χ0) is 22.4. The van der Waals surface area contributed by atoms with Crippen LogP contribution >= 0.6 is 13.5 Å². The highest BCUT2D eigenvalue weighted by molar-refractivity contribution is 7.59. The van der Waals surface area contributed by atoms with Crippen LogP contribution in [-0.4, -0.2) is 35.9 Å². The van der Waals surface area contributed by atoms with Crippen LogP contribution in [0.15, 0.2) is 18.2 Å². The number of likely N-dealkylation sites (N-methyl/N-ethyl adjacent to an activating group) is 1. The number of nitrogens with zero attached hydrogens (tertiary/aromatic N) is 2. The molecule has 0 unspecified atom stereocenters. The number of halogens is 3. The third-order valence-corrected chi connectivity index (χ3v) is 5.88. The number of anilines is 4. The van der Waals surface area contributed by atoms with Gasteiger partial charge in [0.15, 0.2) is 17.5 Å². The quantitative estimate of drug-likeness (QED) is 0.527. The van der Waals surface area contributed by atoms with Gasteiger partial charge in [-0.2, -0.15) is 13.5 Å². The second kappa shape index (κ2) is 11.0. The molecular weight excluding hydrogens is 467 g/mol. The maximum Gasteiger partial charge on any atom is 0.246 e. The van der Waals surface area contributed by atoms with E-state index in [1.54, 1.807) is 0 Å². The number of benzene rings is 1. The Balaban J connectivity index is 0.00000193. The van der Waals surface area contributed by atoms with E-state index >= 15 is 0 Å². The van der Waals surface area contributed by atoms with E-state index in [1.807, 2.05) is 31.9 Å². The molecule has 1 aliphatic heterocycles. The summed E-state index contributed by atoms with van der Waals surface area (Å²) in [6.07, 6.45) is 1.03. The predicted molar refractivity (Wildman–Crippen MR) is 134 cm³/mol. The van der Waals surface area contributed by atoms with Gasteiger partial charge in [0.25, 0.3) is 0 Å². The van der Waals surface area contributed by atoms with Crippen LogP contribution in [0.2, 0.25) is 0 Å². The maximum atomic E-state index is 13.3. The summed E-state index contributed by atoms with van der Waals surface area (Å²) in [6.45, 7) is 3.63. The lowest BCUT2D eigenvalue weighted by Crippen LogP contribution is -2.44. The van der Waals surface area contributed by atoms with Crippen molar-refractivity contribution in [3.05, 3.63) is 41.3 Å². The normalized spacial score (nSPS) is 20.4. The number of carbonyl (C=O) groups excluding carboxylic acids is 2. The highest BCUT2D eigenvalue weighted by Gasteiger charge is 2.35. The second-order valence-corrected chi connectivity index (χ2v) is 8.02. The minimum absolute atomic E-state index is 0. The van der Waals surface area contributed by atoms with Crippen molar-refractivity contribution < 1.29 is 22.8 Å². The molecule has 2 aromatic rings. The van der Waals surface area contributed by atoms with Gasteiger partial charge in [0.05, 0.1) is 17.1 Å². The van der Waals surface area contributed by atoms with Crippen LogP contribution in [0.5, 0.6) is 0 Å². The van der Waals surface area contributed by atoms with Gasteiger partial charge in [0.1, 0.15) is 11.9 Å². The lowest BCUT2D eigenvalue weighted by atomic mass is 9.79. The van der Waals surface area contributed by atoms with Gasteiger partial charge in [-0.05, 0) is 26.7 Å². The predicted octanol–water partition coefficient (Wildman–Crippen LogP) is 4.80. The second-order valence-electron chi connectivity index (χ2n) is 8.02. The van der Waals surface area contributed by atoms with Crippen molar-refractivity contribution >= 4 is 48.2 Å². The molecule has 11 heteroatoms. The Labute approximate surface area is 205 Å². The summed E-state index contributed by atoms with van der Waals surface area (Å²) in [5.74, 6) is -4.45. The molecule has 1 aromatic heterocycles. The first-order valence-corrected chi connectivity index (χ1v) is 9.91. The third-order valence-electron chi connectivity index (χ3n) is 5.88. The van der Waals surface area contributed by atoms with Gasteiger partial charge in [0.2, 0.25) is 11.8 Å². The molecule has 2 heterocycles. The largest absolute Gasteiger partial charge is 0.367 e. The van der Waals surface area contributed by atoms with E-state index in [2.05, 4.69) is 20.9 Å². The first-order valence-electron chi connectivity index (χ1n) is 9.91. The smallest absolute Gasteiger partial charge is 0.246 e. The minimum Gasteiger partial charge on any atom is -0.367 e. The molecule has 1 atom stereocenters. The van der Waals surface area contributed by atoms with Crippen LogP contribution in [0.1, 0.15) is 40.3 Å². The molecule has 1 fully saturated rings. The van der Waals surface area contributed by atoms with Gasteiger partial charge in [-0.1, -0.05) is 14.9 Å². The minimum atomic E-state index is -1.57. The van der Waals surface area contributed by atoms with Crippen LogP contribution in [0.3, 0.4) is 0 Å². The van der Waals surface area contributed by atoms with Crippen LogP contribution < -0.4 is 20.9 Å². The van der Waals surface area contributed by atoms with Crippen LogP contribution in [0, 0.1) is 30.3 Å². The van der Waals surface area contributed by atoms with Gasteiger partial charge < -0.3 is 20.9 Å². The van der Waals surface area contributed by atoms with Gasteiger partial charge in [-0.3, -0.25) is 9.59 Å². The van der Waals surface area contributed by atoms with Crippen molar-refractivity contribution in [2.24, 2.45) is 5.92 Å². The topological polar surface area (TPSA) is 86.4 Å². The number of hydrogen-bond acceptors (Lipinski definition) is 5. The Morgan fingerprint density at radius 3 is 2.32 bits per heavy atom. The summed E-state index contributed by atoms with van der Waals surface area (Å²) in [5.41, 5.74) is 2.10. The number of pyridine rings is 1. The van der Waals surface area contributed by atoms with Gasteiger partial charge >= 0.3 is 0 Å². The number of fused-ring (bicyclic) bond motifs is 1. The SMILES string of the molecule is C.C.Cc1nc(NC2CC(C(=O)Nc3cc(F)c(F)c(F)c3)C2)cc2c1NC(=O)[C@H](C)N2C.S. The van der Waals surface area contributed by atoms with Crippen LogP contribution in [0.25, 0.3) is 0 Å². The molecule has 188 valence electrons. The van der Waals surface area contributed by atoms with E-state index < -0.39 is 17.5 Å². The van der Waals surface area contributed by atoms with Crippen LogP contribution in [0.4, 0.5) is 36.1 Å². The first kappa shape index (κ1) is 29.1. The molecule has 0 spiro atoms. The lowest BCUT2D eigenvalue weighted by molar-refractivity contribution is -0.122. The highest BCUT2D eigenvalue weighted by atomic mass is 32.1. The molecule has 0 bridgehead atoms. The molecule has 3 N–H and O–H groups in total. The number of aryl methyl sites for hydroxylation is 1. The number of nitrogens with one attached hydrogen (secondary N) is 3. The van der Waals surface area contributed by atoms with E-state index in [9.17, 15) is 22.8 Å². The van der Waals surface area contributed by atoms with E-state index in [1.165, 1.54) is 0 Å². The Morgan fingerprint density at radius 1 is 1.15 bits per heavy atom. The fourth-order valence-corrected chi connectivity index (χ4v) is 3.81. The standard InChI is InChI=1S/C21H22F3N5O2.2CH4.H2S/c1-9-19-16(29(3)10(2)20(30)28-19)8-17(25-9)26-12-4-11(5-12)21(31)27-13-6-14(22)18(24)15(23)7-13;;;/h6-8,10-12H,4-5H2,1-3H3,(H,25,26)(H,27,31)(H,28,30);2*1H4;1H2/t10-,11?,12?;;;/m0.../s1. The molecule has 4 rings (SSSR count). The summed E-state index contributed by atoms with van der Waals surface area (Å²) >= 11 is 0. The Kier molecular flexibility index (Phi) is 9.40. The number of carbonyl (C=O) groups is 2. The number of hydrogen-bond donors (Lipinski definition) is 3. The Bertz CT molecular complexity index is 1060. The molecule has 7 nitrogen and oxygen atoms in total. The molecular formula is C23H32F3N5O2S. The third kappa shape index (κ3) is 5.40. The summed E-state index contributed by atoms with van der Waals surface area (Å²) in [4.78, 5) is 30.7. The molecule has 34 heavy (non-hydrogen) atoms. The van der Waals surface area contributed by atoms with Crippen molar-refractivity contribution in [1.29, 1.82) is 0 Å². The number of amides is 2. The first-order chi connectivity index (χ1) is 14.6. The van der Waals surface area contributed by atoms with Crippen molar-refractivity contribution in [3.8, 4) is 0 Å². The molecule has 2 amide bonds. The van der Waals surface area contributed by atoms with E-state index in [-0.39, 0.29) is 63.9 Å². The van der Waals surface area contributed by atoms with Crippen LogP contribution in [-0.2, 0) is 9.59 Å². The Hall–Kier alpha value is -2.95. The highest BCUT2D eigenvalue weighted by Crippen LogP contribution is 2.37. The number of rotatable bonds is 4. The average molecular weight is 500 g/mol. The molecule has 1 aromatic carbocycles. The average Bonchev–Trinajstić information content (AvgIpc) is 2.67. The summed E-state index contributed by atoms with van der Waals surface area (Å²) in [5, 5.41) is 8.59. The molecule has 1 aliphatic carbocycles. The van der Waals surface area contributed by atoms with Gasteiger partial charge in [-0.15, -0.1) is 0 Å². The molecule has 1 saturated carbocycles. The summed E-state index contributed by atoms with van der Waals surface area (Å²) in [6, 6.07) is 3.06. The lowest BCUT2D eigenvalue weighted by Gasteiger charge is -2.37. The zero-order valence-corrected chi connectivity index (χ0v) is 18.7. The zero-order valence-electron chi connectivity index (χ0n) is 17.7. The summed E-state index contributed by atoms with van der Waals surface area (Å²) in [7, 11) is 1.84. The number of aromatic nitrogens is 1. The van der Waals surface area contributed by atoms with Crippen molar-refractivity contribution in [2.75, 3.05) is 27.9 Å². The van der Waals surface area contributed by atoms with E-state index in [4.69, 9.17) is 0 Å². The molecule has 2 aliphatic rings. The van der Waals surface area contributed by atoms with Crippen molar-refractivity contribution in [2.45, 2.75) is 53.6 Å². The maximum absolute atomic E-state index is 13.3.